The number of nitrogens with one attached hydrogen (secondary N) is 3. The van der Waals surface area contributed by atoms with E-state index in [1.54, 1.807) is 19.1 Å². The minimum absolute atomic E-state index is 0.297. The van der Waals surface area contributed by atoms with Gasteiger partial charge in [0.2, 0.25) is 11.8 Å². The molecule has 0 saturated carbocycles. The zero-order chi connectivity index (χ0) is 17.7. The fourth-order valence-corrected chi connectivity index (χ4v) is 2.07. The van der Waals surface area contributed by atoms with Gasteiger partial charge >= 0.3 is 0 Å². The Morgan fingerprint density at radius 3 is 2.50 bits per heavy atom. The van der Waals surface area contributed by atoms with E-state index < -0.39 is 17.9 Å². The van der Waals surface area contributed by atoms with Crippen molar-refractivity contribution < 1.29 is 18.8 Å². The minimum atomic E-state index is -0.798. The molecule has 0 radical (unpaired) electrons. The third-order valence-corrected chi connectivity index (χ3v) is 3.31. The number of rotatable bonds is 5. The van der Waals surface area contributed by atoms with Gasteiger partial charge in [-0.3, -0.25) is 14.4 Å². The van der Waals surface area contributed by atoms with Gasteiger partial charge in [0.05, 0.1) is 23.2 Å². The number of halogens is 1. The van der Waals surface area contributed by atoms with Crippen molar-refractivity contribution in [2.24, 2.45) is 0 Å². The highest BCUT2D eigenvalue weighted by Crippen LogP contribution is 2.26. The first kappa shape index (κ1) is 17.6. The fraction of sp³-hybridized carbons (Fsp3) is 0.188. The lowest BCUT2D eigenvalue weighted by atomic mass is 10.2. The van der Waals surface area contributed by atoms with Crippen LogP contribution in [0.15, 0.2) is 41.2 Å². The molecule has 0 fully saturated rings. The number of amides is 3. The maximum Gasteiger partial charge on any atom is 0.255 e. The van der Waals surface area contributed by atoms with Crippen LogP contribution < -0.4 is 16.0 Å². The van der Waals surface area contributed by atoms with Gasteiger partial charge in [-0.1, -0.05) is 11.6 Å². The van der Waals surface area contributed by atoms with E-state index in [1.807, 2.05) is 0 Å². The van der Waals surface area contributed by atoms with E-state index in [0.717, 1.165) is 0 Å². The van der Waals surface area contributed by atoms with Crippen molar-refractivity contribution in [3.05, 3.63) is 47.4 Å². The Labute approximate surface area is 143 Å². The lowest BCUT2D eigenvalue weighted by Gasteiger charge is -2.16. The molecule has 1 heterocycles. The van der Waals surface area contributed by atoms with Crippen molar-refractivity contribution in [2.75, 3.05) is 10.6 Å². The van der Waals surface area contributed by atoms with Gasteiger partial charge in [-0.2, -0.15) is 0 Å². The summed E-state index contributed by atoms with van der Waals surface area (Å²) in [6.07, 6.45) is 2.65. The predicted octanol–water partition coefficient (Wildman–Crippen LogP) is 2.65. The molecule has 2 aromatic rings. The number of hydrogen-bond donors (Lipinski definition) is 3. The molecule has 0 aliphatic rings. The van der Waals surface area contributed by atoms with Gasteiger partial charge in [-0.05, 0) is 31.2 Å². The molecular weight excluding hydrogens is 334 g/mol. The Balaban J connectivity index is 2.06. The Morgan fingerprint density at radius 1 is 1.12 bits per heavy atom. The van der Waals surface area contributed by atoms with E-state index in [0.29, 0.717) is 22.0 Å². The number of furan rings is 1. The van der Waals surface area contributed by atoms with Gasteiger partial charge in [0.1, 0.15) is 12.3 Å². The van der Waals surface area contributed by atoms with E-state index in [1.165, 1.54) is 31.6 Å². The number of carbonyl (C=O) groups excluding carboxylic acids is 3. The largest absolute Gasteiger partial charge is 0.472 e. The topological polar surface area (TPSA) is 100 Å². The molecule has 0 aliphatic heterocycles. The van der Waals surface area contributed by atoms with Gasteiger partial charge in [-0.25, -0.2) is 0 Å². The van der Waals surface area contributed by atoms with Gasteiger partial charge in [0.25, 0.3) is 5.91 Å². The van der Waals surface area contributed by atoms with Gasteiger partial charge in [0, 0.05) is 11.9 Å². The van der Waals surface area contributed by atoms with E-state index >= 15 is 0 Å². The smallest absolute Gasteiger partial charge is 0.255 e. The van der Waals surface area contributed by atoms with Crippen LogP contribution in [-0.4, -0.2) is 23.8 Å². The van der Waals surface area contributed by atoms with Gasteiger partial charge < -0.3 is 20.4 Å². The van der Waals surface area contributed by atoms with Crippen LogP contribution in [0.1, 0.15) is 24.2 Å². The molecule has 8 heteroatoms. The third kappa shape index (κ3) is 4.60. The molecule has 2 rings (SSSR count). The van der Waals surface area contributed by atoms with Crippen molar-refractivity contribution >= 4 is 40.7 Å². The maximum atomic E-state index is 12.2. The van der Waals surface area contributed by atoms with E-state index in [4.69, 9.17) is 16.0 Å². The Bertz CT molecular complexity index is 759. The van der Waals surface area contributed by atoms with Crippen LogP contribution in [-0.2, 0) is 9.59 Å². The summed E-state index contributed by atoms with van der Waals surface area (Å²) in [5, 5.41) is 8.19. The Hall–Kier alpha value is -2.80. The third-order valence-electron chi connectivity index (χ3n) is 3.07. The first-order valence-corrected chi connectivity index (χ1v) is 7.45. The zero-order valence-electron chi connectivity index (χ0n) is 13.1. The van der Waals surface area contributed by atoms with E-state index in [-0.39, 0.29) is 5.91 Å². The van der Waals surface area contributed by atoms with E-state index in [9.17, 15) is 14.4 Å². The second-order valence-electron chi connectivity index (χ2n) is 5.07. The molecular formula is C16H16ClN3O4. The predicted molar refractivity (Wildman–Crippen MR) is 90.0 cm³/mol. The molecule has 7 nitrogen and oxygen atoms in total. The number of anilines is 2. The Kier molecular flexibility index (Phi) is 5.59. The molecule has 1 aromatic carbocycles. The lowest BCUT2D eigenvalue weighted by Crippen LogP contribution is -2.41. The summed E-state index contributed by atoms with van der Waals surface area (Å²) >= 11 is 5.90. The number of hydrogen-bond acceptors (Lipinski definition) is 4. The van der Waals surface area contributed by atoms with Crippen LogP contribution in [0.3, 0.4) is 0 Å². The van der Waals surface area contributed by atoms with Crippen LogP contribution in [0.25, 0.3) is 0 Å². The molecule has 3 N–H and O–H groups in total. The molecule has 1 atom stereocenters. The summed E-state index contributed by atoms with van der Waals surface area (Å²) in [4.78, 5) is 35.4. The van der Waals surface area contributed by atoms with Crippen molar-refractivity contribution in [1.29, 1.82) is 0 Å². The van der Waals surface area contributed by atoms with Crippen LogP contribution in [0.5, 0.6) is 0 Å². The monoisotopic (exact) mass is 349 g/mol. The molecule has 126 valence electrons. The molecule has 0 spiro atoms. The minimum Gasteiger partial charge on any atom is -0.472 e. The molecule has 24 heavy (non-hydrogen) atoms. The normalized spacial score (nSPS) is 11.5. The standard InChI is InChI=1S/C16H16ClN3O4/c1-9(18-16(23)11-5-6-24-8-11)15(22)20-13-4-3-12(17)7-14(13)19-10(2)21/h3-9H,1-2H3,(H,18,23)(H,19,21)(H,20,22)/t9-/m0/s1. The average Bonchev–Trinajstić information content (AvgIpc) is 3.03. The molecule has 1 aromatic heterocycles. The highest BCUT2D eigenvalue weighted by atomic mass is 35.5. The van der Waals surface area contributed by atoms with Crippen LogP contribution in [0, 0.1) is 0 Å². The molecule has 0 bridgehead atoms. The number of benzene rings is 1. The lowest BCUT2D eigenvalue weighted by molar-refractivity contribution is -0.117. The quantitative estimate of drug-likeness (QED) is 0.772. The highest BCUT2D eigenvalue weighted by Gasteiger charge is 2.18. The summed E-state index contributed by atoms with van der Waals surface area (Å²) in [5.41, 5.74) is 1.07. The fourth-order valence-electron chi connectivity index (χ4n) is 1.90. The highest BCUT2D eigenvalue weighted by molar-refractivity contribution is 6.31. The SMILES string of the molecule is CC(=O)Nc1cc(Cl)ccc1NC(=O)[C@H](C)NC(=O)c1ccoc1. The second kappa shape index (κ2) is 7.65. The van der Waals surface area contributed by atoms with Crippen LogP contribution >= 0.6 is 11.6 Å². The van der Waals surface area contributed by atoms with Gasteiger partial charge in [-0.15, -0.1) is 0 Å². The average molecular weight is 350 g/mol. The van der Waals surface area contributed by atoms with Crippen molar-refractivity contribution in [1.82, 2.24) is 5.32 Å². The summed E-state index contributed by atoms with van der Waals surface area (Å²) in [6.45, 7) is 2.89. The summed E-state index contributed by atoms with van der Waals surface area (Å²) < 4.78 is 4.82. The van der Waals surface area contributed by atoms with Crippen LogP contribution in [0.2, 0.25) is 5.02 Å². The van der Waals surface area contributed by atoms with Crippen molar-refractivity contribution in [3.8, 4) is 0 Å². The second-order valence-corrected chi connectivity index (χ2v) is 5.50. The molecule has 0 aliphatic carbocycles. The zero-order valence-corrected chi connectivity index (χ0v) is 13.8. The van der Waals surface area contributed by atoms with E-state index in [2.05, 4.69) is 16.0 Å². The molecule has 3 amide bonds. The van der Waals surface area contributed by atoms with Crippen molar-refractivity contribution in [3.63, 3.8) is 0 Å². The van der Waals surface area contributed by atoms with Crippen LogP contribution in [0.4, 0.5) is 11.4 Å². The summed E-state index contributed by atoms with van der Waals surface area (Å²) in [5.74, 6) is -1.17. The number of carbonyl (C=O) groups is 3. The summed E-state index contributed by atoms with van der Waals surface area (Å²) in [6, 6.07) is 5.36. The first-order valence-electron chi connectivity index (χ1n) is 7.08. The van der Waals surface area contributed by atoms with Gasteiger partial charge in [0.15, 0.2) is 0 Å². The maximum absolute atomic E-state index is 12.2. The Morgan fingerprint density at radius 2 is 1.88 bits per heavy atom. The molecule has 0 unspecified atom stereocenters. The first-order chi connectivity index (χ1) is 11.4. The molecule has 0 saturated heterocycles. The summed E-state index contributed by atoms with van der Waals surface area (Å²) in [7, 11) is 0. The van der Waals surface area contributed by atoms with Crippen molar-refractivity contribution in [2.45, 2.75) is 19.9 Å².